The minimum absolute atomic E-state index is 0.104. The van der Waals surface area contributed by atoms with Crippen molar-refractivity contribution in [3.8, 4) is 11.5 Å². The number of ether oxygens (including phenoxy) is 1. The van der Waals surface area contributed by atoms with E-state index in [1.54, 1.807) is 24.4 Å². The Morgan fingerprint density at radius 3 is 2.88 bits per heavy atom. The van der Waals surface area contributed by atoms with Gasteiger partial charge in [-0.2, -0.15) is 0 Å². The standard InChI is InChI=1S/C25H26FN3O2S/c1-31-24-12-17(4-9-23(24)30)15-28-25(32)29-22-8-5-18-13-19(26)6-7-20(18)21(22)11-16-3-2-10-27-14-16/h2-4,6-7,9-10,12-14,21-22,30H,5,8,11,15H2,1H3,(H2,28,29,32). The maximum absolute atomic E-state index is 13.8. The van der Waals surface area contributed by atoms with Crippen LogP contribution in [0.1, 0.15) is 34.6 Å². The van der Waals surface area contributed by atoms with E-state index in [2.05, 4.69) is 21.7 Å². The van der Waals surface area contributed by atoms with Crippen LogP contribution in [-0.2, 0) is 19.4 Å². The highest BCUT2D eigenvalue weighted by Crippen LogP contribution is 2.35. The SMILES string of the molecule is COc1cc(CNC(=S)NC2CCc3cc(F)ccc3C2Cc2cccnc2)ccc1O. The predicted molar refractivity (Wildman–Crippen MR) is 126 cm³/mol. The summed E-state index contributed by atoms with van der Waals surface area (Å²) in [6.45, 7) is 0.504. The number of pyridine rings is 1. The number of nitrogens with one attached hydrogen (secondary N) is 2. The van der Waals surface area contributed by atoms with Crippen LogP contribution in [0.3, 0.4) is 0 Å². The van der Waals surface area contributed by atoms with Crippen molar-refractivity contribution >= 4 is 17.3 Å². The fraction of sp³-hybridized carbons (Fsp3) is 0.280. The van der Waals surface area contributed by atoms with Gasteiger partial charge in [0.15, 0.2) is 16.6 Å². The molecule has 2 aromatic carbocycles. The minimum Gasteiger partial charge on any atom is -0.504 e. The number of halogens is 1. The predicted octanol–water partition coefficient (Wildman–Crippen LogP) is 4.24. The third-order valence-corrected chi connectivity index (χ3v) is 6.17. The Balaban J connectivity index is 1.47. The summed E-state index contributed by atoms with van der Waals surface area (Å²) >= 11 is 5.58. The summed E-state index contributed by atoms with van der Waals surface area (Å²) in [4.78, 5) is 4.24. The number of aromatic nitrogens is 1. The third kappa shape index (κ3) is 5.16. The van der Waals surface area contributed by atoms with Gasteiger partial charge in [-0.15, -0.1) is 0 Å². The van der Waals surface area contributed by atoms with E-state index in [0.717, 1.165) is 41.5 Å². The molecule has 5 nitrogen and oxygen atoms in total. The number of benzene rings is 2. The highest BCUT2D eigenvalue weighted by atomic mass is 32.1. The molecule has 1 aromatic heterocycles. The molecule has 32 heavy (non-hydrogen) atoms. The van der Waals surface area contributed by atoms with Gasteiger partial charge in [0.05, 0.1) is 7.11 Å². The second-order valence-electron chi connectivity index (χ2n) is 7.99. The van der Waals surface area contributed by atoms with Gasteiger partial charge in [-0.25, -0.2) is 4.39 Å². The number of nitrogens with zero attached hydrogens (tertiary/aromatic N) is 1. The molecule has 1 aliphatic rings. The molecule has 0 spiro atoms. The van der Waals surface area contributed by atoms with Crippen molar-refractivity contribution < 1.29 is 14.2 Å². The van der Waals surface area contributed by atoms with E-state index in [-0.39, 0.29) is 23.5 Å². The van der Waals surface area contributed by atoms with Gasteiger partial charge < -0.3 is 20.5 Å². The summed E-state index contributed by atoms with van der Waals surface area (Å²) in [5.74, 6) is 0.484. The minimum atomic E-state index is -0.197. The molecule has 4 rings (SSSR count). The Morgan fingerprint density at radius 2 is 2.09 bits per heavy atom. The number of methoxy groups -OCH3 is 1. The number of aromatic hydroxyl groups is 1. The number of hydrogen-bond donors (Lipinski definition) is 3. The quantitative estimate of drug-likeness (QED) is 0.487. The number of aryl methyl sites for hydroxylation is 1. The van der Waals surface area contributed by atoms with Gasteiger partial charge >= 0.3 is 0 Å². The first-order chi connectivity index (χ1) is 15.5. The van der Waals surface area contributed by atoms with Gasteiger partial charge in [0, 0.05) is 30.9 Å². The van der Waals surface area contributed by atoms with Gasteiger partial charge in [0.2, 0.25) is 0 Å². The summed E-state index contributed by atoms with van der Waals surface area (Å²) in [7, 11) is 1.52. The maximum Gasteiger partial charge on any atom is 0.166 e. The molecule has 3 N–H and O–H groups in total. The number of hydrogen-bond acceptors (Lipinski definition) is 4. The van der Waals surface area contributed by atoms with Crippen LogP contribution in [0.15, 0.2) is 60.9 Å². The maximum atomic E-state index is 13.8. The molecule has 1 heterocycles. The molecule has 0 saturated heterocycles. The van der Waals surface area contributed by atoms with Crippen molar-refractivity contribution in [3.63, 3.8) is 0 Å². The van der Waals surface area contributed by atoms with Gasteiger partial charge in [0.25, 0.3) is 0 Å². The van der Waals surface area contributed by atoms with Crippen molar-refractivity contribution in [2.75, 3.05) is 7.11 Å². The number of phenols is 1. The van der Waals surface area contributed by atoms with Crippen LogP contribution in [0.25, 0.3) is 0 Å². The third-order valence-electron chi connectivity index (χ3n) is 5.91. The van der Waals surface area contributed by atoms with E-state index in [9.17, 15) is 9.50 Å². The normalized spacial score (nSPS) is 17.3. The fourth-order valence-electron chi connectivity index (χ4n) is 4.31. The van der Waals surface area contributed by atoms with E-state index >= 15 is 0 Å². The molecule has 0 fully saturated rings. The number of thiocarbonyl (C=S) groups is 1. The lowest BCUT2D eigenvalue weighted by Gasteiger charge is -2.35. The van der Waals surface area contributed by atoms with E-state index in [1.807, 2.05) is 24.4 Å². The summed E-state index contributed by atoms with van der Waals surface area (Å²) in [5, 5.41) is 17.0. The average Bonchev–Trinajstić information content (AvgIpc) is 2.80. The molecule has 0 aliphatic heterocycles. The van der Waals surface area contributed by atoms with Crippen LogP contribution in [-0.4, -0.2) is 28.4 Å². The van der Waals surface area contributed by atoms with Crippen LogP contribution >= 0.6 is 12.2 Å². The molecule has 0 saturated carbocycles. The summed E-state index contributed by atoms with van der Waals surface area (Å²) in [6, 6.07) is 14.4. The molecular weight excluding hydrogens is 425 g/mol. The average molecular weight is 452 g/mol. The molecule has 3 aromatic rings. The lowest BCUT2D eigenvalue weighted by molar-refractivity contribution is 0.373. The second kappa shape index (κ2) is 9.96. The highest BCUT2D eigenvalue weighted by Gasteiger charge is 2.30. The monoisotopic (exact) mass is 451 g/mol. The first-order valence-corrected chi connectivity index (χ1v) is 11.0. The van der Waals surface area contributed by atoms with Gasteiger partial charge in [-0.05, 0) is 84.1 Å². The topological polar surface area (TPSA) is 66.4 Å². The van der Waals surface area contributed by atoms with Crippen molar-refractivity contribution in [2.24, 2.45) is 0 Å². The lowest BCUT2D eigenvalue weighted by Crippen LogP contribution is -2.46. The molecule has 0 amide bonds. The molecule has 2 unspecified atom stereocenters. The lowest BCUT2D eigenvalue weighted by atomic mass is 9.76. The van der Waals surface area contributed by atoms with Crippen molar-refractivity contribution in [1.82, 2.24) is 15.6 Å². The van der Waals surface area contributed by atoms with Crippen molar-refractivity contribution in [1.29, 1.82) is 0 Å². The molecule has 0 radical (unpaired) electrons. The van der Waals surface area contributed by atoms with Crippen LogP contribution in [0.4, 0.5) is 4.39 Å². The Hall–Kier alpha value is -3.19. The van der Waals surface area contributed by atoms with Crippen molar-refractivity contribution in [3.05, 3.63) is 89.0 Å². The Kier molecular flexibility index (Phi) is 6.85. The fourth-order valence-corrected chi connectivity index (χ4v) is 4.54. The van der Waals surface area contributed by atoms with Gasteiger partial charge in [-0.3, -0.25) is 4.98 Å². The number of fused-ring (bicyclic) bond motifs is 1. The molecule has 2 atom stereocenters. The summed E-state index contributed by atoms with van der Waals surface area (Å²) in [5.41, 5.74) is 4.30. The van der Waals surface area contributed by atoms with Crippen LogP contribution in [0.2, 0.25) is 0 Å². The first-order valence-electron chi connectivity index (χ1n) is 10.6. The molecule has 166 valence electrons. The summed E-state index contributed by atoms with van der Waals surface area (Å²) in [6.07, 6.45) is 6.09. The summed E-state index contributed by atoms with van der Waals surface area (Å²) < 4.78 is 19.0. The molecule has 0 bridgehead atoms. The second-order valence-corrected chi connectivity index (χ2v) is 8.40. The van der Waals surface area contributed by atoms with E-state index in [4.69, 9.17) is 17.0 Å². The van der Waals surface area contributed by atoms with E-state index in [1.165, 1.54) is 13.2 Å². The highest BCUT2D eigenvalue weighted by molar-refractivity contribution is 7.80. The van der Waals surface area contributed by atoms with E-state index < -0.39 is 0 Å². The zero-order chi connectivity index (χ0) is 22.5. The Morgan fingerprint density at radius 1 is 1.22 bits per heavy atom. The van der Waals surface area contributed by atoms with Crippen LogP contribution < -0.4 is 15.4 Å². The molecule has 7 heteroatoms. The smallest absolute Gasteiger partial charge is 0.166 e. The Labute approximate surface area is 192 Å². The first kappa shape index (κ1) is 22.0. The number of rotatable bonds is 6. The number of phenolic OH excluding ortho intramolecular Hbond substituents is 1. The molecular formula is C25H26FN3O2S. The van der Waals surface area contributed by atoms with Gasteiger partial charge in [0.1, 0.15) is 5.82 Å². The largest absolute Gasteiger partial charge is 0.504 e. The Bertz CT molecular complexity index is 1090. The van der Waals surface area contributed by atoms with Crippen molar-refractivity contribution in [2.45, 2.75) is 37.8 Å². The van der Waals surface area contributed by atoms with Crippen LogP contribution in [0, 0.1) is 5.82 Å². The molecule has 1 aliphatic carbocycles. The zero-order valence-corrected chi connectivity index (χ0v) is 18.7. The van der Waals surface area contributed by atoms with Crippen LogP contribution in [0.5, 0.6) is 11.5 Å². The van der Waals surface area contributed by atoms with E-state index in [0.29, 0.717) is 17.4 Å². The zero-order valence-electron chi connectivity index (χ0n) is 17.8. The van der Waals surface area contributed by atoms with Gasteiger partial charge in [-0.1, -0.05) is 18.2 Å².